The minimum Gasteiger partial charge on any atom is -0.461 e. The second-order valence-corrected chi connectivity index (χ2v) is 16.5. The lowest BCUT2D eigenvalue weighted by Gasteiger charge is -2.48. The number of likely N-dealkylation sites (N-methyl/N-ethyl adjacent to an activating group) is 1. The number of nitrogens with zero attached hydrogens (tertiary/aromatic N) is 4. The highest BCUT2D eigenvalue weighted by Crippen LogP contribution is 2.44. The van der Waals surface area contributed by atoms with E-state index in [1.165, 1.54) is 0 Å². The van der Waals surface area contributed by atoms with Crippen molar-refractivity contribution >= 4 is 23.7 Å². The van der Waals surface area contributed by atoms with E-state index in [2.05, 4.69) is 18.8 Å². The number of rotatable bonds is 8. The third-order valence-electron chi connectivity index (χ3n) is 12.3. The van der Waals surface area contributed by atoms with Crippen molar-refractivity contribution in [2.24, 2.45) is 28.7 Å². The zero-order valence-electron chi connectivity index (χ0n) is 33.9. The van der Waals surface area contributed by atoms with Crippen LogP contribution in [-0.4, -0.2) is 138 Å². The fraction of sp³-hybridized carbons (Fsp3) is 0.775. The number of aromatic nitrogens is 1. The van der Waals surface area contributed by atoms with Gasteiger partial charge in [-0.2, -0.15) is 0 Å². The predicted octanol–water partition coefficient (Wildman–Crippen LogP) is 4.06. The normalized spacial score (nSPS) is 40.6. The van der Waals surface area contributed by atoms with Gasteiger partial charge in [0.05, 0.1) is 42.7 Å². The highest BCUT2D eigenvalue weighted by atomic mass is 16.7. The number of amides is 1. The molecule has 1 N–H and O–H groups in total. The van der Waals surface area contributed by atoms with Gasteiger partial charge in [0.15, 0.2) is 11.9 Å². The Kier molecular flexibility index (Phi) is 13.1. The molecule has 54 heavy (non-hydrogen) atoms. The molecule has 14 nitrogen and oxygen atoms in total. The molecule has 4 aliphatic rings. The Hall–Kier alpha value is -3.17. The molecule has 3 saturated heterocycles. The lowest BCUT2D eigenvalue weighted by atomic mass is 9.72. The molecule has 14 heteroatoms. The van der Waals surface area contributed by atoms with E-state index in [1.807, 2.05) is 53.6 Å². The van der Waals surface area contributed by atoms with Crippen LogP contribution in [0.1, 0.15) is 80.2 Å². The lowest BCUT2D eigenvalue weighted by Crippen LogP contribution is -2.61. The topological polar surface area (TPSA) is 159 Å². The van der Waals surface area contributed by atoms with Gasteiger partial charge in [-0.1, -0.05) is 33.8 Å². The van der Waals surface area contributed by atoms with Crippen molar-refractivity contribution < 1.29 is 47.9 Å². The van der Waals surface area contributed by atoms with Crippen molar-refractivity contribution in [3.8, 4) is 0 Å². The maximum atomic E-state index is 14.4. The van der Waals surface area contributed by atoms with E-state index in [9.17, 15) is 19.5 Å². The second-order valence-electron chi connectivity index (χ2n) is 16.5. The van der Waals surface area contributed by atoms with E-state index in [0.29, 0.717) is 37.9 Å². The van der Waals surface area contributed by atoms with Crippen LogP contribution < -0.4 is 0 Å². The van der Waals surface area contributed by atoms with Crippen LogP contribution in [0.15, 0.2) is 29.5 Å². The summed E-state index contributed by atoms with van der Waals surface area (Å²) in [6, 6.07) is 2.81. The molecule has 0 radical (unpaired) electrons. The van der Waals surface area contributed by atoms with E-state index >= 15 is 0 Å². The average molecular weight is 759 g/mol. The van der Waals surface area contributed by atoms with Gasteiger partial charge in [-0.05, 0) is 78.6 Å². The molecule has 0 saturated carbocycles. The maximum Gasteiger partial charge on any atom is 0.410 e. The molecular weight excluding hydrogens is 696 g/mol. The molecule has 0 spiro atoms. The van der Waals surface area contributed by atoms with Gasteiger partial charge in [0.1, 0.15) is 18.3 Å². The van der Waals surface area contributed by atoms with Crippen LogP contribution in [0.5, 0.6) is 0 Å². The van der Waals surface area contributed by atoms with Crippen LogP contribution in [0.25, 0.3) is 0 Å². The van der Waals surface area contributed by atoms with E-state index in [4.69, 9.17) is 33.4 Å². The molecule has 2 bridgehead atoms. The summed E-state index contributed by atoms with van der Waals surface area (Å²) in [5.74, 6) is -3.30. The van der Waals surface area contributed by atoms with Crippen molar-refractivity contribution in [1.82, 2.24) is 14.8 Å². The molecule has 1 aromatic rings. The number of aliphatic hydroxyl groups excluding tert-OH is 1. The Labute approximate surface area is 320 Å². The van der Waals surface area contributed by atoms with Gasteiger partial charge in [0, 0.05) is 49.6 Å². The number of esters is 2. The summed E-state index contributed by atoms with van der Waals surface area (Å²) in [7, 11) is 5.43. The summed E-state index contributed by atoms with van der Waals surface area (Å²) in [5, 5.41) is 11.7. The number of fused-ring (bicyclic) bond motifs is 1. The molecule has 14 atom stereocenters. The molecule has 1 amide bonds. The number of hydrogen-bond donors (Lipinski definition) is 1. The number of aliphatic imine (C=N–C) groups is 1. The minimum atomic E-state index is -1.18. The van der Waals surface area contributed by atoms with Crippen LogP contribution in [0, 0.1) is 23.7 Å². The molecule has 0 aromatic carbocycles. The van der Waals surface area contributed by atoms with Crippen molar-refractivity contribution in [2.75, 3.05) is 34.3 Å². The van der Waals surface area contributed by atoms with Crippen LogP contribution in [0.2, 0.25) is 0 Å². The molecule has 0 unspecified atom stereocenters. The average Bonchev–Trinajstić information content (AvgIpc) is 3.25. The fourth-order valence-electron chi connectivity index (χ4n) is 9.52. The first-order valence-electron chi connectivity index (χ1n) is 19.5. The van der Waals surface area contributed by atoms with Gasteiger partial charge < -0.3 is 38.4 Å². The number of hydrogen-bond acceptors (Lipinski definition) is 13. The first-order valence-corrected chi connectivity index (χ1v) is 19.5. The van der Waals surface area contributed by atoms with E-state index in [-0.39, 0.29) is 30.4 Å². The number of aliphatic hydroxyl groups is 1. The minimum absolute atomic E-state index is 0.0732. The third kappa shape index (κ3) is 8.33. The Morgan fingerprint density at radius 2 is 1.85 bits per heavy atom. The van der Waals surface area contributed by atoms with Gasteiger partial charge in [0.25, 0.3) is 0 Å². The van der Waals surface area contributed by atoms with Crippen molar-refractivity contribution in [1.29, 1.82) is 0 Å². The Morgan fingerprint density at radius 3 is 2.48 bits per heavy atom. The predicted molar refractivity (Wildman–Crippen MR) is 200 cm³/mol. The number of methoxy groups -OCH3 is 1. The van der Waals surface area contributed by atoms with Gasteiger partial charge in [0.2, 0.25) is 0 Å². The zero-order valence-corrected chi connectivity index (χ0v) is 33.9. The summed E-state index contributed by atoms with van der Waals surface area (Å²) in [6.45, 7) is 16.0. The number of ether oxygens (including phenoxy) is 6. The first-order chi connectivity index (χ1) is 25.4. The Morgan fingerprint density at radius 1 is 1.13 bits per heavy atom. The van der Waals surface area contributed by atoms with Crippen molar-refractivity contribution in [3.63, 3.8) is 0 Å². The highest BCUT2D eigenvalue weighted by molar-refractivity contribution is 5.91. The molecule has 4 aliphatic heterocycles. The quantitative estimate of drug-likeness (QED) is 0.300. The van der Waals surface area contributed by atoms with Crippen molar-refractivity contribution in [2.45, 2.75) is 141 Å². The molecule has 5 heterocycles. The number of cyclic esters (lactones) is 1. The monoisotopic (exact) mass is 758 g/mol. The standard InChI is InChI=1S/C40H62N4O10/c1-12-29-40(8)34-24(4)31(42-16-17-44(34)38(48)54-40)22(2)20-39(7,49-11)35(53-37-32(46)28(43(9)10)18-23(3)50-37)25(5)33(26(6)36(47)51-29)52-30(45)19-27-14-13-15-41-21-27/h13-15,21-26,28-29,32-35,37,46H,12,16-20H2,1-11H3/t22-,23-,24+,25+,26-,28+,29-,32-,33+,34-,35-,37+,39+,40-/m1/s1. The second kappa shape index (κ2) is 16.9. The van der Waals surface area contributed by atoms with E-state index in [0.717, 1.165) is 5.71 Å². The van der Waals surface area contributed by atoms with Gasteiger partial charge in [-0.15, -0.1) is 0 Å². The molecule has 302 valence electrons. The molecule has 5 rings (SSSR count). The first kappa shape index (κ1) is 42.0. The summed E-state index contributed by atoms with van der Waals surface area (Å²) in [4.78, 5) is 54.5. The van der Waals surface area contributed by atoms with Crippen molar-refractivity contribution in [3.05, 3.63) is 30.1 Å². The summed E-state index contributed by atoms with van der Waals surface area (Å²) < 4.78 is 38.4. The van der Waals surface area contributed by atoms with E-state index < -0.39 is 77.8 Å². The SMILES string of the molecule is CC[C@H]1OC(=O)[C@H](C)[C@@H](OC(=O)Cc2cccnc2)[C@H](C)[C@@H](O[C@@H]2O[C@H](C)C[C@H](N(C)C)[C@H]2O)[C@@](C)(OC)C[C@@H](C)C2=NCCN3C(=O)O[C@@]1(C)[C@H]3[C@H]2C. The summed E-state index contributed by atoms with van der Waals surface area (Å²) in [6.07, 6.45) is -0.995. The molecule has 0 aliphatic carbocycles. The Balaban J connectivity index is 1.63. The molecule has 1 aromatic heterocycles. The van der Waals surface area contributed by atoms with Gasteiger partial charge in [-0.3, -0.25) is 24.5 Å². The highest BCUT2D eigenvalue weighted by Gasteiger charge is 2.60. The molecule has 3 fully saturated rings. The lowest BCUT2D eigenvalue weighted by molar-refractivity contribution is -0.301. The summed E-state index contributed by atoms with van der Waals surface area (Å²) >= 11 is 0. The van der Waals surface area contributed by atoms with E-state index in [1.54, 1.807) is 43.5 Å². The third-order valence-corrected chi connectivity index (χ3v) is 12.3. The van der Waals surface area contributed by atoms with Crippen LogP contribution in [0.4, 0.5) is 4.79 Å². The molecular formula is C40H62N4O10. The number of carbonyl (C=O) groups excluding carboxylic acids is 3. The maximum absolute atomic E-state index is 14.4. The smallest absolute Gasteiger partial charge is 0.410 e. The fourth-order valence-corrected chi connectivity index (χ4v) is 9.52. The summed E-state index contributed by atoms with van der Waals surface area (Å²) in [5.41, 5.74) is -0.731. The van der Waals surface area contributed by atoms with Gasteiger partial charge in [-0.25, -0.2) is 4.79 Å². The van der Waals surface area contributed by atoms with Crippen LogP contribution in [0.3, 0.4) is 0 Å². The van der Waals surface area contributed by atoms with Crippen LogP contribution in [-0.2, 0) is 44.4 Å². The largest absolute Gasteiger partial charge is 0.461 e. The Bertz CT molecular complexity index is 1510. The number of carbonyl (C=O) groups is 3. The van der Waals surface area contributed by atoms with Gasteiger partial charge >= 0.3 is 18.0 Å². The zero-order chi connectivity index (χ0) is 39.7. The number of pyridine rings is 1. The van der Waals surface area contributed by atoms with Crippen LogP contribution >= 0.6 is 0 Å².